The molecule has 1 unspecified atom stereocenters. The SMILES string of the molecule is CCC(CC)C(NC(=O)CCCCC(=O)O)c1ccccc1. The van der Waals surface area contributed by atoms with Crippen LogP contribution in [0.3, 0.4) is 0 Å². The van der Waals surface area contributed by atoms with Gasteiger partial charge in [-0.05, 0) is 24.3 Å². The molecular formula is C18H27NO3. The summed E-state index contributed by atoms with van der Waals surface area (Å²) in [6.45, 7) is 4.28. The zero-order chi connectivity index (χ0) is 16.4. The van der Waals surface area contributed by atoms with E-state index in [-0.39, 0.29) is 18.4 Å². The van der Waals surface area contributed by atoms with Crippen LogP contribution in [0.4, 0.5) is 0 Å². The van der Waals surface area contributed by atoms with Crippen molar-refractivity contribution in [2.75, 3.05) is 0 Å². The lowest BCUT2D eigenvalue weighted by atomic mass is 9.88. The fourth-order valence-corrected chi connectivity index (χ4v) is 2.70. The molecule has 0 heterocycles. The zero-order valence-electron chi connectivity index (χ0n) is 13.5. The van der Waals surface area contributed by atoms with Crippen molar-refractivity contribution in [3.63, 3.8) is 0 Å². The highest BCUT2D eigenvalue weighted by atomic mass is 16.4. The van der Waals surface area contributed by atoms with Gasteiger partial charge in [0.2, 0.25) is 5.91 Å². The summed E-state index contributed by atoms with van der Waals surface area (Å²) in [6, 6.07) is 10.1. The first-order chi connectivity index (χ1) is 10.6. The minimum Gasteiger partial charge on any atom is -0.481 e. The number of hydrogen-bond donors (Lipinski definition) is 2. The molecule has 1 atom stereocenters. The van der Waals surface area contributed by atoms with Crippen LogP contribution in [0.15, 0.2) is 30.3 Å². The molecule has 0 aromatic heterocycles. The number of amides is 1. The van der Waals surface area contributed by atoms with Gasteiger partial charge < -0.3 is 10.4 Å². The van der Waals surface area contributed by atoms with E-state index in [1.807, 2.05) is 30.3 Å². The number of aliphatic carboxylic acids is 1. The highest BCUT2D eigenvalue weighted by Gasteiger charge is 2.22. The highest BCUT2D eigenvalue weighted by Crippen LogP contribution is 2.27. The predicted molar refractivity (Wildman–Crippen MR) is 87.5 cm³/mol. The molecule has 0 aliphatic carbocycles. The van der Waals surface area contributed by atoms with Crippen LogP contribution in [0.2, 0.25) is 0 Å². The van der Waals surface area contributed by atoms with E-state index >= 15 is 0 Å². The van der Waals surface area contributed by atoms with E-state index in [9.17, 15) is 9.59 Å². The van der Waals surface area contributed by atoms with Gasteiger partial charge in [-0.2, -0.15) is 0 Å². The molecule has 0 fully saturated rings. The average Bonchev–Trinajstić information content (AvgIpc) is 2.52. The number of carboxylic acid groups (broad SMARTS) is 1. The van der Waals surface area contributed by atoms with Gasteiger partial charge in [-0.3, -0.25) is 9.59 Å². The van der Waals surface area contributed by atoms with Crippen LogP contribution in [0.5, 0.6) is 0 Å². The molecule has 122 valence electrons. The summed E-state index contributed by atoms with van der Waals surface area (Å²) >= 11 is 0. The summed E-state index contributed by atoms with van der Waals surface area (Å²) in [6.07, 6.45) is 3.69. The maximum absolute atomic E-state index is 12.1. The fraction of sp³-hybridized carbons (Fsp3) is 0.556. The van der Waals surface area contributed by atoms with Crippen LogP contribution in [0.25, 0.3) is 0 Å². The number of benzene rings is 1. The summed E-state index contributed by atoms with van der Waals surface area (Å²) in [7, 11) is 0. The van der Waals surface area contributed by atoms with Gasteiger partial charge in [-0.1, -0.05) is 57.0 Å². The maximum Gasteiger partial charge on any atom is 0.303 e. The third-order valence-corrected chi connectivity index (χ3v) is 4.04. The molecule has 22 heavy (non-hydrogen) atoms. The Morgan fingerprint density at radius 2 is 1.64 bits per heavy atom. The summed E-state index contributed by atoms with van der Waals surface area (Å²) in [5.41, 5.74) is 1.13. The summed E-state index contributed by atoms with van der Waals surface area (Å²) < 4.78 is 0. The van der Waals surface area contributed by atoms with Crippen molar-refractivity contribution >= 4 is 11.9 Å². The molecule has 0 spiro atoms. The zero-order valence-corrected chi connectivity index (χ0v) is 13.5. The number of rotatable bonds is 10. The van der Waals surface area contributed by atoms with Crippen molar-refractivity contribution in [1.82, 2.24) is 5.32 Å². The number of nitrogens with one attached hydrogen (secondary N) is 1. The normalized spacial score (nSPS) is 12.1. The maximum atomic E-state index is 12.1. The molecule has 0 aliphatic heterocycles. The molecular weight excluding hydrogens is 278 g/mol. The van der Waals surface area contributed by atoms with Crippen LogP contribution in [-0.4, -0.2) is 17.0 Å². The van der Waals surface area contributed by atoms with Gasteiger partial charge in [0.25, 0.3) is 0 Å². The van der Waals surface area contributed by atoms with Gasteiger partial charge in [-0.25, -0.2) is 0 Å². The van der Waals surface area contributed by atoms with E-state index in [0.717, 1.165) is 18.4 Å². The third kappa shape index (κ3) is 6.29. The van der Waals surface area contributed by atoms with Gasteiger partial charge >= 0.3 is 5.97 Å². The van der Waals surface area contributed by atoms with E-state index in [1.54, 1.807) is 0 Å². The van der Waals surface area contributed by atoms with Crippen molar-refractivity contribution in [2.24, 2.45) is 5.92 Å². The number of carbonyl (C=O) groups is 2. The molecule has 0 bridgehead atoms. The Labute approximate surface area is 132 Å². The Balaban J connectivity index is 2.61. The lowest BCUT2D eigenvalue weighted by molar-refractivity contribution is -0.137. The van der Waals surface area contributed by atoms with Gasteiger partial charge in [0.05, 0.1) is 6.04 Å². The Morgan fingerprint density at radius 3 is 2.18 bits per heavy atom. The first-order valence-electron chi connectivity index (χ1n) is 8.14. The molecule has 0 saturated carbocycles. The molecule has 1 amide bonds. The summed E-state index contributed by atoms with van der Waals surface area (Å²) in [5, 5.41) is 11.7. The number of hydrogen-bond acceptors (Lipinski definition) is 2. The molecule has 0 radical (unpaired) electrons. The average molecular weight is 305 g/mol. The second-order valence-electron chi connectivity index (χ2n) is 5.63. The predicted octanol–water partition coefficient (Wildman–Crippen LogP) is 3.93. The van der Waals surface area contributed by atoms with E-state index in [4.69, 9.17) is 5.11 Å². The number of carbonyl (C=O) groups excluding carboxylic acids is 1. The first-order valence-corrected chi connectivity index (χ1v) is 8.14. The van der Waals surface area contributed by atoms with E-state index in [2.05, 4.69) is 19.2 Å². The Bertz CT molecular complexity index is 455. The number of unbranched alkanes of at least 4 members (excludes halogenated alkanes) is 1. The van der Waals surface area contributed by atoms with E-state index < -0.39 is 5.97 Å². The second kappa shape index (κ2) is 9.98. The van der Waals surface area contributed by atoms with Crippen LogP contribution in [0.1, 0.15) is 64.0 Å². The summed E-state index contributed by atoms with van der Waals surface area (Å²) in [5.74, 6) is -0.392. The molecule has 0 saturated heterocycles. The fourth-order valence-electron chi connectivity index (χ4n) is 2.70. The van der Waals surface area contributed by atoms with Crippen molar-refractivity contribution in [1.29, 1.82) is 0 Å². The quantitative estimate of drug-likeness (QED) is 0.644. The minimum absolute atomic E-state index is 0.00569. The van der Waals surface area contributed by atoms with Crippen LogP contribution in [0, 0.1) is 5.92 Å². The van der Waals surface area contributed by atoms with E-state index in [0.29, 0.717) is 25.2 Å². The second-order valence-corrected chi connectivity index (χ2v) is 5.63. The van der Waals surface area contributed by atoms with E-state index in [1.165, 1.54) is 0 Å². The standard InChI is InChI=1S/C18H27NO3/c1-3-14(4-2)18(15-10-6-5-7-11-15)19-16(20)12-8-9-13-17(21)22/h5-7,10-11,14,18H,3-4,8-9,12-13H2,1-2H3,(H,19,20)(H,21,22). The molecule has 4 nitrogen and oxygen atoms in total. The molecule has 0 aliphatic rings. The monoisotopic (exact) mass is 305 g/mol. The third-order valence-electron chi connectivity index (χ3n) is 4.04. The van der Waals surface area contributed by atoms with Gasteiger partial charge in [0.15, 0.2) is 0 Å². The van der Waals surface area contributed by atoms with Crippen molar-refractivity contribution in [2.45, 2.75) is 58.4 Å². The smallest absolute Gasteiger partial charge is 0.303 e. The lowest BCUT2D eigenvalue weighted by Gasteiger charge is -2.27. The highest BCUT2D eigenvalue weighted by molar-refractivity contribution is 5.76. The number of carboxylic acids is 1. The molecule has 1 rings (SSSR count). The minimum atomic E-state index is -0.806. The van der Waals surface area contributed by atoms with Gasteiger partial charge in [0.1, 0.15) is 0 Å². The topological polar surface area (TPSA) is 66.4 Å². The van der Waals surface area contributed by atoms with Crippen LogP contribution >= 0.6 is 0 Å². The molecule has 4 heteroatoms. The Hall–Kier alpha value is -1.84. The molecule has 1 aromatic carbocycles. The van der Waals surface area contributed by atoms with Crippen LogP contribution in [-0.2, 0) is 9.59 Å². The van der Waals surface area contributed by atoms with Crippen molar-refractivity contribution in [3.8, 4) is 0 Å². The summed E-state index contributed by atoms with van der Waals surface area (Å²) in [4.78, 5) is 22.6. The Kier molecular flexibility index (Phi) is 8.26. The van der Waals surface area contributed by atoms with Crippen molar-refractivity contribution < 1.29 is 14.7 Å². The molecule has 2 N–H and O–H groups in total. The Morgan fingerprint density at radius 1 is 1.05 bits per heavy atom. The van der Waals surface area contributed by atoms with Crippen LogP contribution < -0.4 is 5.32 Å². The van der Waals surface area contributed by atoms with Crippen molar-refractivity contribution in [3.05, 3.63) is 35.9 Å². The van der Waals surface area contributed by atoms with Gasteiger partial charge in [-0.15, -0.1) is 0 Å². The van der Waals surface area contributed by atoms with Gasteiger partial charge in [0, 0.05) is 12.8 Å². The largest absolute Gasteiger partial charge is 0.481 e. The molecule has 1 aromatic rings. The first kappa shape index (κ1) is 18.2. The lowest BCUT2D eigenvalue weighted by Crippen LogP contribution is -2.33.